The van der Waals surface area contributed by atoms with Gasteiger partial charge in [-0.05, 0) is 68.4 Å². The molecule has 6 nitrogen and oxygen atoms in total. The van der Waals surface area contributed by atoms with E-state index in [0.29, 0.717) is 18.8 Å². The molecule has 1 aliphatic heterocycles. The van der Waals surface area contributed by atoms with E-state index in [9.17, 15) is 9.59 Å². The minimum Gasteiger partial charge on any atom is -0.497 e. The Bertz CT molecular complexity index is 757. The predicted molar refractivity (Wildman–Crippen MR) is 104 cm³/mol. The molecule has 1 aromatic rings. The number of rotatable bonds is 5. The zero-order chi connectivity index (χ0) is 19.3. The summed E-state index contributed by atoms with van der Waals surface area (Å²) in [5, 5.41) is 3.13. The quantitative estimate of drug-likeness (QED) is 0.845. The highest BCUT2D eigenvalue weighted by molar-refractivity contribution is 5.90. The second-order valence-corrected chi connectivity index (χ2v) is 9.23. The maximum absolute atomic E-state index is 13.1. The topological polar surface area (TPSA) is 67.9 Å². The van der Waals surface area contributed by atoms with E-state index in [4.69, 9.17) is 9.47 Å². The van der Waals surface area contributed by atoms with E-state index in [1.807, 2.05) is 24.3 Å². The first-order valence-electron chi connectivity index (χ1n) is 10.5. The van der Waals surface area contributed by atoms with Crippen molar-refractivity contribution in [1.82, 2.24) is 5.32 Å². The minimum atomic E-state index is -0.373. The summed E-state index contributed by atoms with van der Waals surface area (Å²) in [6, 6.07) is 7.37. The molecule has 1 N–H and O–H groups in total. The number of amides is 2. The molecule has 4 saturated carbocycles. The summed E-state index contributed by atoms with van der Waals surface area (Å²) in [5.41, 5.74) is 0.586. The lowest BCUT2D eigenvalue weighted by Crippen LogP contribution is -2.54. The second-order valence-electron chi connectivity index (χ2n) is 9.23. The van der Waals surface area contributed by atoms with Gasteiger partial charge in [0.15, 0.2) is 0 Å². The van der Waals surface area contributed by atoms with Crippen LogP contribution in [0.25, 0.3) is 0 Å². The van der Waals surface area contributed by atoms with E-state index in [2.05, 4.69) is 5.32 Å². The molecule has 5 fully saturated rings. The lowest BCUT2D eigenvalue weighted by molar-refractivity contribution is -0.146. The summed E-state index contributed by atoms with van der Waals surface area (Å²) < 4.78 is 10.7. The molecule has 2 amide bonds. The molecule has 5 aliphatic rings. The molecule has 1 unspecified atom stereocenters. The van der Waals surface area contributed by atoms with Crippen LogP contribution in [0.15, 0.2) is 24.3 Å². The summed E-state index contributed by atoms with van der Waals surface area (Å²) in [7, 11) is 1.60. The van der Waals surface area contributed by atoms with Crippen LogP contribution in [-0.2, 0) is 9.53 Å². The van der Waals surface area contributed by atoms with Crippen molar-refractivity contribution in [2.45, 2.75) is 44.6 Å². The summed E-state index contributed by atoms with van der Waals surface area (Å²) >= 11 is 0. The summed E-state index contributed by atoms with van der Waals surface area (Å²) in [5.74, 6) is 3.10. The zero-order valence-corrected chi connectivity index (χ0v) is 16.4. The van der Waals surface area contributed by atoms with Gasteiger partial charge in [0.2, 0.25) is 5.91 Å². The van der Waals surface area contributed by atoms with E-state index in [0.717, 1.165) is 42.7 Å². The van der Waals surface area contributed by atoms with Crippen molar-refractivity contribution in [2.75, 3.05) is 25.1 Å². The van der Waals surface area contributed by atoms with Gasteiger partial charge < -0.3 is 14.8 Å². The van der Waals surface area contributed by atoms with Crippen LogP contribution in [0.5, 0.6) is 5.75 Å². The fourth-order valence-electron chi connectivity index (χ4n) is 6.40. The van der Waals surface area contributed by atoms with E-state index >= 15 is 0 Å². The molecule has 0 aromatic heterocycles. The molecule has 1 heterocycles. The third kappa shape index (κ3) is 3.03. The molecule has 4 aliphatic carbocycles. The monoisotopic (exact) mass is 384 g/mol. The van der Waals surface area contributed by atoms with Crippen LogP contribution in [-0.4, -0.2) is 38.3 Å². The van der Waals surface area contributed by atoms with Crippen molar-refractivity contribution < 1.29 is 19.1 Å². The number of ether oxygens (including phenoxy) is 2. The first kappa shape index (κ1) is 17.8. The lowest BCUT2D eigenvalue weighted by atomic mass is 9.49. The van der Waals surface area contributed by atoms with Crippen molar-refractivity contribution in [3.63, 3.8) is 0 Å². The van der Waals surface area contributed by atoms with Crippen LogP contribution in [0.4, 0.5) is 10.5 Å². The van der Waals surface area contributed by atoms with Crippen LogP contribution >= 0.6 is 0 Å². The lowest BCUT2D eigenvalue weighted by Gasteiger charge is -2.55. The number of benzene rings is 1. The van der Waals surface area contributed by atoms with Crippen molar-refractivity contribution in [3.8, 4) is 5.75 Å². The Kier molecular flexibility index (Phi) is 4.25. The highest BCUT2D eigenvalue weighted by Crippen LogP contribution is 2.60. The Morgan fingerprint density at radius 1 is 1.21 bits per heavy atom. The Morgan fingerprint density at radius 2 is 1.89 bits per heavy atom. The average molecular weight is 384 g/mol. The number of carbonyl (C=O) groups is 2. The number of anilines is 1. The van der Waals surface area contributed by atoms with Gasteiger partial charge in [-0.3, -0.25) is 9.69 Å². The maximum Gasteiger partial charge on any atom is 0.414 e. The number of carbonyl (C=O) groups excluding carboxylic acids is 2. The SMILES string of the molecule is COc1cccc(N2CC(CNC(=O)C34CC5CC(CC(C5)C3)C4)OC2=O)c1. The van der Waals surface area contributed by atoms with E-state index in [-0.39, 0.29) is 23.5 Å². The van der Waals surface area contributed by atoms with Gasteiger partial charge in [0.25, 0.3) is 0 Å². The predicted octanol–water partition coefficient (Wildman–Crippen LogP) is 3.35. The van der Waals surface area contributed by atoms with Crippen LogP contribution in [0.2, 0.25) is 0 Å². The average Bonchev–Trinajstić information content (AvgIpc) is 3.05. The number of nitrogens with zero attached hydrogens (tertiary/aromatic N) is 1. The first-order valence-corrected chi connectivity index (χ1v) is 10.5. The third-order valence-corrected chi connectivity index (χ3v) is 7.25. The molecule has 1 atom stereocenters. The minimum absolute atomic E-state index is 0.163. The molecular formula is C22H28N2O4. The molecule has 1 saturated heterocycles. The number of cyclic esters (lactones) is 1. The molecule has 6 rings (SSSR count). The van der Waals surface area contributed by atoms with Crippen molar-refractivity contribution in [3.05, 3.63) is 24.3 Å². The summed E-state index contributed by atoms with van der Waals surface area (Å²) in [4.78, 5) is 27.0. The van der Waals surface area contributed by atoms with Gasteiger partial charge in [-0.25, -0.2) is 4.79 Å². The van der Waals surface area contributed by atoms with Gasteiger partial charge in [-0.1, -0.05) is 6.07 Å². The first-order chi connectivity index (χ1) is 13.5. The van der Waals surface area contributed by atoms with Gasteiger partial charge in [0, 0.05) is 11.5 Å². The van der Waals surface area contributed by atoms with Crippen LogP contribution in [0, 0.1) is 23.2 Å². The van der Waals surface area contributed by atoms with Crippen LogP contribution in [0.3, 0.4) is 0 Å². The molecule has 4 bridgehead atoms. The fraction of sp³-hybridized carbons (Fsp3) is 0.636. The van der Waals surface area contributed by atoms with Crippen LogP contribution in [0.1, 0.15) is 38.5 Å². The van der Waals surface area contributed by atoms with Gasteiger partial charge in [0.1, 0.15) is 11.9 Å². The molecule has 1 aromatic carbocycles. The van der Waals surface area contributed by atoms with E-state index in [1.165, 1.54) is 19.3 Å². The third-order valence-electron chi connectivity index (χ3n) is 7.25. The van der Waals surface area contributed by atoms with Gasteiger partial charge in [-0.2, -0.15) is 0 Å². The standard InChI is InChI=1S/C22H28N2O4/c1-27-18-4-2-3-17(8-18)24-13-19(28-21(24)26)12-23-20(25)22-9-14-5-15(10-22)7-16(6-14)11-22/h2-4,8,14-16,19H,5-7,9-13H2,1H3,(H,23,25). The Morgan fingerprint density at radius 3 is 2.54 bits per heavy atom. The molecular weight excluding hydrogens is 356 g/mol. The molecule has 150 valence electrons. The highest BCUT2D eigenvalue weighted by Gasteiger charge is 2.54. The fourth-order valence-corrected chi connectivity index (χ4v) is 6.40. The van der Waals surface area contributed by atoms with Gasteiger partial charge in [0.05, 0.1) is 25.9 Å². The molecule has 6 heteroatoms. The molecule has 0 radical (unpaired) electrons. The largest absolute Gasteiger partial charge is 0.497 e. The van der Waals surface area contributed by atoms with Crippen molar-refractivity contribution >= 4 is 17.7 Å². The van der Waals surface area contributed by atoms with Crippen molar-refractivity contribution in [1.29, 1.82) is 0 Å². The Hall–Kier alpha value is -2.24. The molecule has 28 heavy (non-hydrogen) atoms. The normalized spacial score (nSPS) is 35.8. The maximum atomic E-state index is 13.1. The van der Waals surface area contributed by atoms with Gasteiger partial charge in [-0.15, -0.1) is 0 Å². The van der Waals surface area contributed by atoms with Crippen molar-refractivity contribution in [2.24, 2.45) is 23.2 Å². The number of methoxy groups -OCH3 is 1. The summed E-state index contributed by atoms with van der Waals surface area (Å²) in [6.07, 6.45) is 6.41. The number of hydrogen-bond donors (Lipinski definition) is 1. The molecule has 0 spiro atoms. The van der Waals surface area contributed by atoms with E-state index < -0.39 is 0 Å². The van der Waals surface area contributed by atoms with Gasteiger partial charge >= 0.3 is 6.09 Å². The number of nitrogens with one attached hydrogen (secondary N) is 1. The highest BCUT2D eigenvalue weighted by atomic mass is 16.6. The summed E-state index contributed by atoms with van der Waals surface area (Å²) in [6.45, 7) is 0.819. The number of hydrogen-bond acceptors (Lipinski definition) is 4. The van der Waals surface area contributed by atoms with Crippen LogP contribution < -0.4 is 15.0 Å². The second kappa shape index (κ2) is 6.68. The Labute approximate surface area is 165 Å². The smallest absolute Gasteiger partial charge is 0.414 e. The Balaban J connectivity index is 1.21. The zero-order valence-electron chi connectivity index (χ0n) is 16.4. The van der Waals surface area contributed by atoms with E-state index in [1.54, 1.807) is 12.0 Å².